The minimum Gasteiger partial charge on any atom is -0.493 e. The van der Waals surface area contributed by atoms with E-state index in [0.717, 1.165) is 11.1 Å². The molecule has 0 saturated heterocycles. The largest absolute Gasteiger partial charge is 0.493 e. The molecule has 1 N–H and O–H groups in total. The fourth-order valence-electron chi connectivity index (χ4n) is 3.64. The first-order chi connectivity index (χ1) is 15.9. The molecule has 0 aromatic heterocycles. The van der Waals surface area contributed by atoms with E-state index in [1.165, 1.54) is 0 Å². The first-order valence-corrected chi connectivity index (χ1v) is 10.7. The number of carbonyl (C=O) groups is 1. The second-order valence-corrected chi connectivity index (χ2v) is 7.50. The summed E-state index contributed by atoms with van der Waals surface area (Å²) >= 11 is 0. The fraction of sp³-hybridized carbons (Fsp3) is 0.480. The molecule has 0 radical (unpaired) electrons. The summed E-state index contributed by atoms with van der Waals surface area (Å²) in [5.41, 5.74) is 1.82. The molecule has 0 heterocycles. The smallest absolute Gasteiger partial charge is 0.203 e. The van der Waals surface area contributed by atoms with Crippen LogP contribution in [0.3, 0.4) is 0 Å². The van der Waals surface area contributed by atoms with E-state index in [4.69, 9.17) is 28.4 Å². The van der Waals surface area contributed by atoms with Crippen molar-refractivity contribution in [2.75, 3.05) is 42.7 Å². The number of ether oxygens (including phenoxy) is 6. The van der Waals surface area contributed by atoms with E-state index in [9.17, 15) is 9.90 Å². The van der Waals surface area contributed by atoms with Crippen molar-refractivity contribution in [2.24, 2.45) is 0 Å². The highest BCUT2D eigenvalue weighted by Crippen LogP contribution is 2.39. The van der Waals surface area contributed by atoms with Gasteiger partial charge in [0.25, 0.3) is 0 Å². The monoisotopic (exact) mass is 462 g/mol. The quantitative estimate of drug-likeness (QED) is 0.455. The number of aryl methyl sites for hydroxylation is 2. The molecule has 8 heteroatoms. The van der Waals surface area contributed by atoms with E-state index < -0.39 is 6.10 Å². The van der Waals surface area contributed by atoms with E-state index in [1.807, 2.05) is 24.3 Å². The van der Waals surface area contributed by atoms with Crippen LogP contribution in [0.2, 0.25) is 0 Å². The third kappa shape index (κ3) is 6.92. The molecule has 0 bridgehead atoms. The molecule has 2 aromatic carbocycles. The Kier molecular flexibility index (Phi) is 10.1. The van der Waals surface area contributed by atoms with Gasteiger partial charge in [0.15, 0.2) is 23.0 Å². The van der Waals surface area contributed by atoms with Crippen molar-refractivity contribution < 1.29 is 38.3 Å². The molecule has 0 aliphatic rings. The Morgan fingerprint density at radius 2 is 1.09 bits per heavy atom. The van der Waals surface area contributed by atoms with Gasteiger partial charge in [0.2, 0.25) is 11.5 Å². The first-order valence-electron chi connectivity index (χ1n) is 10.7. The van der Waals surface area contributed by atoms with Crippen molar-refractivity contribution in [1.82, 2.24) is 0 Å². The average Bonchev–Trinajstić information content (AvgIpc) is 2.84. The van der Waals surface area contributed by atoms with Crippen LogP contribution in [0.4, 0.5) is 0 Å². The number of aliphatic hydroxyl groups excluding tert-OH is 1. The normalized spacial score (nSPS) is 11.5. The van der Waals surface area contributed by atoms with E-state index in [1.54, 1.807) is 42.7 Å². The summed E-state index contributed by atoms with van der Waals surface area (Å²) in [5, 5.41) is 10.4. The van der Waals surface area contributed by atoms with Crippen LogP contribution in [0.5, 0.6) is 34.5 Å². The highest BCUT2D eigenvalue weighted by molar-refractivity contribution is 5.79. The molecule has 0 aliphatic heterocycles. The lowest BCUT2D eigenvalue weighted by molar-refractivity contribution is -0.121. The number of Topliss-reactive ketones (excluding diaryl/α,β-unsaturated/α-hetero) is 1. The van der Waals surface area contributed by atoms with Gasteiger partial charge in [-0.2, -0.15) is 0 Å². The Morgan fingerprint density at radius 3 is 1.45 bits per heavy atom. The Morgan fingerprint density at radius 1 is 0.697 bits per heavy atom. The Bertz CT molecular complexity index is 875. The summed E-state index contributed by atoms with van der Waals surface area (Å²) < 4.78 is 32.1. The molecule has 0 aliphatic carbocycles. The standard InChI is InChI=1S/C25H34O8/c1-28-20-11-16(12-21(29-2)24(20)32-5)7-9-18(26)15-19(27)10-8-17-13-22(30-3)25(33-6)23(14-17)31-4/h11-14,18,26H,7-10,15H2,1-6H3/t18-/m0/s1. The maximum atomic E-state index is 12.5. The number of methoxy groups -OCH3 is 6. The van der Waals surface area contributed by atoms with Crippen molar-refractivity contribution >= 4 is 5.78 Å². The highest BCUT2D eigenvalue weighted by atomic mass is 16.5. The lowest BCUT2D eigenvalue weighted by atomic mass is 9.99. The molecule has 1 atom stereocenters. The van der Waals surface area contributed by atoms with Crippen LogP contribution in [0.15, 0.2) is 24.3 Å². The van der Waals surface area contributed by atoms with Crippen molar-refractivity contribution in [3.63, 3.8) is 0 Å². The van der Waals surface area contributed by atoms with Crippen LogP contribution >= 0.6 is 0 Å². The summed E-state index contributed by atoms with van der Waals surface area (Å²) in [6.45, 7) is 0. The third-order valence-corrected chi connectivity index (χ3v) is 5.37. The number of aliphatic hydroxyl groups is 1. The van der Waals surface area contributed by atoms with Crippen LogP contribution in [-0.2, 0) is 17.6 Å². The molecule has 0 saturated carbocycles. The van der Waals surface area contributed by atoms with Gasteiger partial charge in [-0.15, -0.1) is 0 Å². The molecule has 8 nitrogen and oxygen atoms in total. The minimum atomic E-state index is -0.739. The zero-order chi connectivity index (χ0) is 24.4. The summed E-state index contributed by atoms with van der Waals surface area (Å²) in [7, 11) is 9.31. The van der Waals surface area contributed by atoms with Crippen molar-refractivity contribution in [1.29, 1.82) is 0 Å². The Balaban J connectivity index is 1.93. The second-order valence-electron chi connectivity index (χ2n) is 7.50. The van der Waals surface area contributed by atoms with Gasteiger partial charge in [0, 0.05) is 12.8 Å². The van der Waals surface area contributed by atoms with Crippen LogP contribution in [0, 0.1) is 0 Å². The number of benzene rings is 2. The molecule has 0 amide bonds. The number of carbonyl (C=O) groups excluding carboxylic acids is 1. The minimum absolute atomic E-state index is 0.0128. The summed E-state index contributed by atoms with van der Waals surface area (Å²) in [5.74, 6) is 3.23. The van der Waals surface area contributed by atoms with Crippen molar-refractivity contribution in [2.45, 2.75) is 38.2 Å². The fourth-order valence-corrected chi connectivity index (χ4v) is 3.64. The van der Waals surface area contributed by atoms with E-state index in [-0.39, 0.29) is 12.2 Å². The van der Waals surface area contributed by atoms with Crippen LogP contribution in [0.1, 0.15) is 30.4 Å². The lowest BCUT2D eigenvalue weighted by Crippen LogP contribution is -2.15. The van der Waals surface area contributed by atoms with Crippen LogP contribution in [0.25, 0.3) is 0 Å². The topological polar surface area (TPSA) is 92.7 Å². The van der Waals surface area contributed by atoms with E-state index in [2.05, 4.69) is 0 Å². The summed E-state index contributed by atoms with van der Waals surface area (Å²) in [4.78, 5) is 12.5. The van der Waals surface area contributed by atoms with Crippen molar-refractivity contribution in [3.8, 4) is 34.5 Å². The molecule has 2 rings (SSSR count). The summed E-state index contributed by atoms with van der Waals surface area (Å²) in [6.07, 6.45) is 1.17. The predicted molar refractivity (Wildman–Crippen MR) is 124 cm³/mol. The molecule has 182 valence electrons. The number of rotatable bonds is 14. The maximum Gasteiger partial charge on any atom is 0.203 e. The molecular weight excluding hydrogens is 428 g/mol. The lowest BCUT2D eigenvalue weighted by Gasteiger charge is -2.15. The molecule has 0 spiro atoms. The van der Waals surface area contributed by atoms with Gasteiger partial charge in [0.05, 0.1) is 48.8 Å². The molecule has 0 unspecified atom stereocenters. The van der Waals surface area contributed by atoms with Crippen LogP contribution in [-0.4, -0.2) is 59.7 Å². The molecular formula is C25H34O8. The number of hydrogen-bond donors (Lipinski definition) is 1. The van der Waals surface area contributed by atoms with Gasteiger partial charge >= 0.3 is 0 Å². The van der Waals surface area contributed by atoms with Gasteiger partial charge in [0.1, 0.15) is 5.78 Å². The zero-order valence-electron chi connectivity index (χ0n) is 20.2. The molecule has 2 aromatic rings. The van der Waals surface area contributed by atoms with E-state index in [0.29, 0.717) is 60.2 Å². The molecule has 0 fully saturated rings. The SMILES string of the molecule is COc1cc(CCC(=O)C[C@@H](O)CCc2cc(OC)c(OC)c(OC)c2)cc(OC)c1OC. The first kappa shape index (κ1) is 26.1. The maximum absolute atomic E-state index is 12.5. The Labute approximate surface area is 195 Å². The Hall–Kier alpha value is -3.13. The van der Waals surface area contributed by atoms with Gasteiger partial charge < -0.3 is 33.5 Å². The van der Waals surface area contributed by atoms with E-state index >= 15 is 0 Å². The third-order valence-electron chi connectivity index (χ3n) is 5.37. The number of ketones is 1. The highest BCUT2D eigenvalue weighted by Gasteiger charge is 2.17. The van der Waals surface area contributed by atoms with Gasteiger partial charge in [-0.05, 0) is 54.7 Å². The average molecular weight is 463 g/mol. The van der Waals surface area contributed by atoms with Gasteiger partial charge in [-0.25, -0.2) is 0 Å². The second kappa shape index (κ2) is 12.8. The van der Waals surface area contributed by atoms with Crippen molar-refractivity contribution in [3.05, 3.63) is 35.4 Å². The van der Waals surface area contributed by atoms with Gasteiger partial charge in [-0.1, -0.05) is 0 Å². The summed E-state index contributed by atoms with van der Waals surface area (Å²) in [6, 6.07) is 7.35. The number of hydrogen-bond acceptors (Lipinski definition) is 8. The molecule has 33 heavy (non-hydrogen) atoms. The predicted octanol–water partition coefficient (Wildman–Crippen LogP) is 3.62. The van der Waals surface area contributed by atoms with Gasteiger partial charge in [-0.3, -0.25) is 4.79 Å². The van der Waals surface area contributed by atoms with Crippen LogP contribution < -0.4 is 28.4 Å². The zero-order valence-corrected chi connectivity index (χ0v) is 20.2.